The van der Waals surface area contributed by atoms with Gasteiger partial charge in [0.2, 0.25) is 0 Å². The number of carbonyl (C=O) groups is 2. The van der Waals surface area contributed by atoms with Crippen LogP contribution in [0.3, 0.4) is 0 Å². The van der Waals surface area contributed by atoms with E-state index in [1.54, 1.807) is 6.08 Å². The van der Waals surface area contributed by atoms with Gasteiger partial charge in [0, 0.05) is 12.8 Å². The van der Waals surface area contributed by atoms with Crippen molar-refractivity contribution in [2.45, 2.75) is 210 Å². The first kappa shape index (κ1) is 61.7. The lowest BCUT2D eigenvalue weighted by Gasteiger charge is -2.43. The number of ether oxygens (including phenoxy) is 2. The van der Waals surface area contributed by atoms with E-state index in [2.05, 4.69) is 35.8 Å². The summed E-state index contributed by atoms with van der Waals surface area (Å²) in [7, 11) is -10.7. The van der Waals surface area contributed by atoms with Gasteiger partial charge in [-0.3, -0.25) is 23.2 Å². The van der Waals surface area contributed by atoms with Gasteiger partial charge in [-0.1, -0.05) is 139 Å². The number of carbonyl (C=O) groups excluding carboxylic acids is 2. The lowest BCUT2D eigenvalue weighted by Crippen LogP contribution is -2.64. The van der Waals surface area contributed by atoms with Crippen molar-refractivity contribution in [1.82, 2.24) is 0 Å². The number of hydrogen-bond acceptors (Lipinski definition) is 14. The van der Waals surface area contributed by atoms with Crippen molar-refractivity contribution in [2.24, 2.45) is 0 Å². The molecule has 6 unspecified atom stereocenters. The summed E-state index contributed by atoms with van der Waals surface area (Å²) in [5, 5.41) is 51.1. The Labute approximate surface area is 392 Å². The van der Waals surface area contributed by atoms with Gasteiger partial charge in [-0.2, -0.15) is 0 Å². The Morgan fingerprint density at radius 2 is 1.11 bits per heavy atom. The third-order valence-electron chi connectivity index (χ3n) is 10.7. The first-order valence-corrected chi connectivity index (χ1v) is 27.0. The fourth-order valence-electron chi connectivity index (χ4n) is 6.91. The summed E-state index contributed by atoms with van der Waals surface area (Å²) in [5.74, 6) is -1.27. The zero-order valence-corrected chi connectivity index (χ0v) is 41.0. The van der Waals surface area contributed by atoms with Gasteiger partial charge < -0.3 is 49.7 Å². The normalized spacial score (nSPS) is 22.5. The second-order valence-electron chi connectivity index (χ2n) is 16.6. The van der Waals surface area contributed by atoms with E-state index in [9.17, 15) is 58.9 Å². The molecule has 0 aromatic rings. The highest BCUT2D eigenvalue weighted by atomic mass is 31.2. The van der Waals surface area contributed by atoms with Crippen LogP contribution in [-0.4, -0.2) is 114 Å². The maximum absolute atomic E-state index is 13.0. The summed E-state index contributed by atoms with van der Waals surface area (Å²) < 4.78 is 49.3. The molecule has 19 heteroatoms. The summed E-state index contributed by atoms with van der Waals surface area (Å²) in [6.07, 6.45) is 25.0. The number of unbranched alkanes of at least 4 members (excludes halogenated alkanes) is 15. The predicted molar refractivity (Wildman–Crippen MR) is 252 cm³/mol. The van der Waals surface area contributed by atoms with Crippen LogP contribution in [0.15, 0.2) is 60.8 Å². The van der Waals surface area contributed by atoms with Crippen molar-refractivity contribution < 1.29 is 82.0 Å². The summed E-state index contributed by atoms with van der Waals surface area (Å²) in [6.45, 7) is 2.84. The van der Waals surface area contributed by atoms with Gasteiger partial charge in [-0.05, 0) is 70.6 Å². The Morgan fingerprint density at radius 1 is 0.576 bits per heavy atom. The number of phosphoric ester groups is 2. The van der Waals surface area contributed by atoms with Gasteiger partial charge in [-0.25, -0.2) is 9.13 Å². The molecule has 0 heterocycles. The molecular formula is C47H82O17P2. The molecule has 0 saturated heterocycles. The van der Waals surface area contributed by atoms with Crippen LogP contribution in [0.4, 0.5) is 0 Å². The Morgan fingerprint density at radius 3 is 1.68 bits per heavy atom. The molecule has 382 valence electrons. The maximum atomic E-state index is 13.0. The molecule has 9 atom stereocenters. The molecule has 1 fully saturated rings. The molecule has 0 amide bonds. The van der Waals surface area contributed by atoms with E-state index in [0.717, 1.165) is 96.3 Å². The van der Waals surface area contributed by atoms with Crippen LogP contribution in [0.5, 0.6) is 0 Å². The minimum Gasteiger partial charge on any atom is -0.462 e. The van der Waals surface area contributed by atoms with Gasteiger partial charge >= 0.3 is 27.6 Å². The zero-order valence-electron chi connectivity index (χ0n) is 39.2. The molecule has 66 heavy (non-hydrogen) atoms. The summed E-state index contributed by atoms with van der Waals surface area (Å²) in [4.78, 5) is 54.3. The highest BCUT2D eigenvalue weighted by molar-refractivity contribution is 7.47. The third kappa shape index (κ3) is 31.7. The molecule has 8 N–H and O–H groups in total. The molecular weight excluding hydrogens is 898 g/mol. The topological polar surface area (TPSA) is 276 Å². The molecule has 0 aliphatic heterocycles. The van der Waals surface area contributed by atoms with Crippen LogP contribution >= 0.6 is 15.6 Å². The van der Waals surface area contributed by atoms with Crippen LogP contribution < -0.4 is 0 Å². The molecule has 1 aliphatic carbocycles. The van der Waals surface area contributed by atoms with E-state index in [0.29, 0.717) is 19.3 Å². The van der Waals surface area contributed by atoms with Crippen molar-refractivity contribution in [3.63, 3.8) is 0 Å². The number of esters is 2. The van der Waals surface area contributed by atoms with Gasteiger partial charge in [0.15, 0.2) is 6.10 Å². The average molecular weight is 981 g/mol. The largest absolute Gasteiger partial charge is 0.472 e. The van der Waals surface area contributed by atoms with Crippen LogP contribution in [0.2, 0.25) is 0 Å². The molecule has 17 nitrogen and oxygen atoms in total. The van der Waals surface area contributed by atoms with Gasteiger partial charge in [0.05, 0.1) is 12.7 Å². The number of hydrogen-bond donors (Lipinski definition) is 8. The highest BCUT2D eigenvalue weighted by Crippen LogP contribution is 2.49. The molecule has 0 aromatic heterocycles. The smallest absolute Gasteiger partial charge is 0.462 e. The van der Waals surface area contributed by atoms with E-state index in [4.69, 9.17) is 18.5 Å². The predicted octanol–water partition coefficient (Wildman–Crippen LogP) is 8.03. The number of allylic oxidation sites excluding steroid dienone is 8. The highest BCUT2D eigenvalue weighted by Gasteiger charge is 2.54. The van der Waals surface area contributed by atoms with E-state index in [1.807, 2.05) is 37.3 Å². The van der Waals surface area contributed by atoms with E-state index >= 15 is 0 Å². The van der Waals surface area contributed by atoms with Crippen molar-refractivity contribution in [2.75, 3.05) is 13.2 Å². The quantitative estimate of drug-likeness (QED) is 0.00951. The summed E-state index contributed by atoms with van der Waals surface area (Å²) >= 11 is 0. The lowest BCUT2D eigenvalue weighted by atomic mass is 9.85. The Kier molecular flexibility index (Phi) is 35.1. The van der Waals surface area contributed by atoms with E-state index < -0.39 is 89.6 Å². The molecule has 0 radical (unpaired) electrons. The van der Waals surface area contributed by atoms with Gasteiger partial charge in [0.25, 0.3) is 0 Å². The Bertz CT molecular complexity index is 1530. The minimum atomic E-state index is -5.38. The number of aliphatic hydroxyl groups is 5. The number of aliphatic hydroxyl groups excluding tert-OH is 5. The maximum Gasteiger partial charge on any atom is 0.472 e. The number of phosphoric acid groups is 2. The fraction of sp³-hybridized carbons (Fsp3) is 0.745. The summed E-state index contributed by atoms with van der Waals surface area (Å²) in [5.41, 5.74) is 0. The molecule has 0 bridgehead atoms. The van der Waals surface area contributed by atoms with Crippen LogP contribution in [-0.2, 0) is 41.8 Å². The molecule has 0 aromatic carbocycles. The number of rotatable bonds is 39. The third-order valence-corrected chi connectivity index (χ3v) is 12.2. The monoisotopic (exact) mass is 981 g/mol. The molecule has 1 rings (SSSR count). The van der Waals surface area contributed by atoms with Gasteiger partial charge in [0.1, 0.15) is 43.2 Å². The van der Waals surface area contributed by atoms with E-state index in [1.165, 1.54) is 19.3 Å². The standard InChI is InChI=1S/C47H82O17P2/c1-3-5-7-8-9-10-11-12-13-14-15-16-17-20-24-27-31-35-41(50)62-39(36-60-40(49)34-30-26-23-21-18-19-22-25-29-33-38(48)32-28-6-4-2)37-61-66(58,59)64-47-44(53)42(51)43(52)46(45(47)54)63-65(55,56)57/h6,9-10,12-13,22,25,28-29,33,38-39,42-48,51-54H,3-5,7-8,11,14-21,23-24,26-27,30-32,34-37H2,1-2H3,(H,58,59)(H2,55,56,57)/b10-9-,13-12-,25-22+,28-6+,33-29+/t38?,39-,42?,43?,44?,45?,46-,47+/m1/s1. The SMILES string of the molecule is CC/C=C/CC(O)/C=C/C=C/CCCCCCCC(=O)OC[C@H](COP(=O)(O)O[C@H]1C(O)C(O)C(O)[C@@H](OP(=O)(O)O)C1O)OC(=O)CCCCCCCCC/C=C\C/C=C\CCCCC. The van der Waals surface area contributed by atoms with Gasteiger partial charge in [-0.15, -0.1) is 0 Å². The van der Waals surface area contributed by atoms with Crippen molar-refractivity contribution in [3.05, 3.63) is 60.8 Å². The Hall–Kier alpha value is -2.34. The van der Waals surface area contributed by atoms with Crippen molar-refractivity contribution in [3.8, 4) is 0 Å². The molecule has 0 spiro atoms. The minimum absolute atomic E-state index is 0.0176. The van der Waals surface area contributed by atoms with Crippen molar-refractivity contribution in [1.29, 1.82) is 0 Å². The van der Waals surface area contributed by atoms with Crippen molar-refractivity contribution >= 4 is 27.6 Å². The molecule has 1 saturated carbocycles. The fourth-order valence-corrected chi connectivity index (χ4v) is 8.45. The van der Waals surface area contributed by atoms with Crippen LogP contribution in [0.25, 0.3) is 0 Å². The van der Waals surface area contributed by atoms with Crippen LogP contribution in [0, 0.1) is 0 Å². The second kappa shape index (κ2) is 37.5. The Balaban J connectivity index is 2.62. The lowest BCUT2D eigenvalue weighted by molar-refractivity contribution is -0.216. The first-order chi connectivity index (χ1) is 31.5. The van der Waals surface area contributed by atoms with Crippen LogP contribution in [0.1, 0.15) is 162 Å². The molecule has 1 aliphatic rings. The zero-order chi connectivity index (χ0) is 49.1. The summed E-state index contributed by atoms with van der Waals surface area (Å²) in [6, 6.07) is 0. The average Bonchev–Trinajstić information content (AvgIpc) is 3.26. The van der Waals surface area contributed by atoms with E-state index in [-0.39, 0.29) is 12.8 Å². The second-order valence-corrected chi connectivity index (χ2v) is 19.2. The first-order valence-electron chi connectivity index (χ1n) is 23.9.